The van der Waals surface area contributed by atoms with Crippen LogP contribution in [0, 0.1) is 6.92 Å². The van der Waals surface area contributed by atoms with Gasteiger partial charge in [-0.15, -0.1) is 5.10 Å². The number of anilines is 1. The van der Waals surface area contributed by atoms with Gasteiger partial charge in [-0.3, -0.25) is 0 Å². The van der Waals surface area contributed by atoms with Gasteiger partial charge >= 0.3 is 0 Å². The first-order chi connectivity index (χ1) is 11.0. The molecule has 1 atom stereocenters. The summed E-state index contributed by atoms with van der Waals surface area (Å²) >= 11 is 1.48. The Morgan fingerprint density at radius 3 is 2.83 bits per heavy atom. The van der Waals surface area contributed by atoms with E-state index in [4.69, 9.17) is 0 Å². The van der Waals surface area contributed by atoms with Crippen molar-refractivity contribution in [2.45, 2.75) is 33.3 Å². The Morgan fingerprint density at radius 2 is 2.17 bits per heavy atom. The summed E-state index contributed by atoms with van der Waals surface area (Å²) in [6, 6.07) is 3.81. The molecule has 2 aromatic heterocycles. The molecule has 0 amide bonds. The molecular weight excluding hydrogens is 312 g/mol. The first-order valence-electron chi connectivity index (χ1n) is 7.59. The van der Waals surface area contributed by atoms with Crippen molar-refractivity contribution in [3.8, 4) is 11.4 Å². The molecule has 0 saturated heterocycles. The van der Waals surface area contributed by atoms with Crippen molar-refractivity contribution in [2.24, 2.45) is 0 Å². The smallest absolute Gasteiger partial charge is 0.194 e. The molecule has 23 heavy (non-hydrogen) atoms. The van der Waals surface area contributed by atoms with Crippen LogP contribution in [0.1, 0.15) is 25.0 Å². The maximum atomic E-state index is 10.3. The number of aryl methyl sites for hydroxylation is 2. The number of aromatic nitrogens is 3. The number of fused-ring (bicyclic) bond motifs is 1. The van der Waals surface area contributed by atoms with Gasteiger partial charge in [-0.25, -0.2) is 4.68 Å². The number of phenols is 1. The normalized spacial score (nSPS) is 12.7. The SMILES string of the molecule is CCc1cc(C)cc(O)c1-n1cc2sc(NC[C@@H](C)O)nc2n1. The van der Waals surface area contributed by atoms with E-state index in [0.717, 1.165) is 27.4 Å². The van der Waals surface area contributed by atoms with Crippen LogP contribution in [0.2, 0.25) is 0 Å². The summed E-state index contributed by atoms with van der Waals surface area (Å²) in [6.45, 7) is 6.19. The Kier molecular flexibility index (Phi) is 4.23. The number of phenolic OH excluding ortho intramolecular Hbond substituents is 1. The van der Waals surface area contributed by atoms with Crippen molar-refractivity contribution in [3.05, 3.63) is 29.5 Å². The molecule has 7 heteroatoms. The van der Waals surface area contributed by atoms with E-state index < -0.39 is 6.10 Å². The highest BCUT2D eigenvalue weighted by molar-refractivity contribution is 7.22. The Morgan fingerprint density at radius 1 is 1.39 bits per heavy atom. The molecule has 0 radical (unpaired) electrons. The second-order valence-electron chi connectivity index (χ2n) is 5.66. The van der Waals surface area contributed by atoms with E-state index in [1.54, 1.807) is 17.7 Å². The fraction of sp³-hybridized carbons (Fsp3) is 0.375. The van der Waals surface area contributed by atoms with E-state index in [1.807, 2.05) is 13.1 Å². The molecule has 3 rings (SSSR count). The van der Waals surface area contributed by atoms with Gasteiger partial charge in [0.05, 0.1) is 17.0 Å². The fourth-order valence-electron chi connectivity index (χ4n) is 2.51. The molecule has 122 valence electrons. The van der Waals surface area contributed by atoms with Crippen LogP contribution in [0.15, 0.2) is 18.3 Å². The van der Waals surface area contributed by atoms with E-state index in [1.165, 1.54) is 11.3 Å². The number of aliphatic hydroxyl groups excluding tert-OH is 1. The summed E-state index contributed by atoms with van der Waals surface area (Å²) in [4.78, 5) is 4.42. The van der Waals surface area contributed by atoms with Crippen LogP contribution >= 0.6 is 11.3 Å². The zero-order valence-corrected chi connectivity index (χ0v) is 14.2. The zero-order chi connectivity index (χ0) is 16.6. The number of hydrogen-bond donors (Lipinski definition) is 3. The topological polar surface area (TPSA) is 83.2 Å². The van der Waals surface area contributed by atoms with E-state index in [2.05, 4.69) is 28.4 Å². The fourth-order valence-corrected chi connectivity index (χ4v) is 3.34. The van der Waals surface area contributed by atoms with Gasteiger partial charge in [-0.1, -0.05) is 24.3 Å². The third kappa shape index (κ3) is 3.16. The summed E-state index contributed by atoms with van der Waals surface area (Å²) < 4.78 is 2.63. The Balaban J connectivity index is 1.97. The van der Waals surface area contributed by atoms with Crippen LogP contribution in [0.25, 0.3) is 16.0 Å². The van der Waals surface area contributed by atoms with Gasteiger partial charge in [-0.05, 0) is 37.5 Å². The summed E-state index contributed by atoms with van der Waals surface area (Å²) in [5.74, 6) is 0.226. The van der Waals surface area contributed by atoms with Crippen LogP contribution in [-0.2, 0) is 6.42 Å². The monoisotopic (exact) mass is 332 g/mol. The van der Waals surface area contributed by atoms with Crippen molar-refractivity contribution in [3.63, 3.8) is 0 Å². The van der Waals surface area contributed by atoms with Crippen LogP contribution < -0.4 is 5.32 Å². The highest BCUT2D eigenvalue weighted by Crippen LogP contribution is 2.31. The Bertz CT molecular complexity index is 807. The predicted molar refractivity (Wildman–Crippen MR) is 92.7 cm³/mol. The van der Waals surface area contributed by atoms with Crippen molar-refractivity contribution in [1.29, 1.82) is 0 Å². The number of aliphatic hydroxyl groups is 1. The second-order valence-corrected chi connectivity index (χ2v) is 6.69. The van der Waals surface area contributed by atoms with Gasteiger partial charge in [0.2, 0.25) is 0 Å². The molecular formula is C16H20N4O2S. The molecule has 0 aliphatic carbocycles. The van der Waals surface area contributed by atoms with Crippen LogP contribution in [0.3, 0.4) is 0 Å². The highest BCUT2D eigenvalue weighted by Gasteiger charge is 2.15. The molecule has 0 spiro atoms. The first kappa shape index (κ1) is 15.8. The number of nitrogens with zero attached hydrogens (tertiary/aromatic N) is 3. The summed E-state index contributed by atoms with van der Waals surface area (Å²) in [7, 11) is 0. The average molecular weight is 332 g/mol. The van der Waals surface area contributed by atoms with Gasteiger partial charge < -0.3 is 15.5 Å². The Labute approximate surface area is 138 Å². The number of benzene rings is 1. The lowest BCUT2D eigenvalue weighted by Gasteiger charge is -2.11. The number of hydrogen-bond acceptors (Lipinski definition) is 6. The number of aromatic hydroxyl groups is 1. The molecule has 3 aromatic rings. The molecule has 0 aliphatic heterocycles. The molecule has 0 bridgehead atoms. The minimum absolute atomic E-state index is 0.226. The minimum atomic E-state index is -0.428. The van der Waals surface area contributed by atoms with E-state index in [9.17, 15) is 10.2 Å². The van der Waals surface area contributed by atoms with Crippen molar-refractivity contribution >= 4 is 26.8 Å². The molecule has 1 aromatic carbocycles. The quantitative estimate of drug-likeness (QED) is 0.669. The molecule has 3 N–H and O–H groups in total. The zero-order valence-electron chi connectivity index (χ0n) is 13.4. The minimum Gasteiger partial charge on any atom is -0.506 e. The van der Waals surface area contributed by atoms with Gasteiger partial charge in [0.25, 0.3) is 0 Å². The summed E-state index contributed by atoms with van der Waals surface area (Å²) in [5.41, 5.74) is 3.41. The summed E-state index contributed by atoms with van der Waals surface area (Å²) in [6.07, 6.45) is 2.26. The van der Waals surface area contributed by atoms with Gasteiger partial charge in [0, 0.05) is 6.54 Å². The van der Waals surface area contributed by atoms with E-state index in [-0.39, 0.29) is 5.75 Å². The predicted octanol–water partition coefficient (Wildman–Crippen LogP) is 2.85. The van der Waals surface area contributed by atoms with Gasteiger partial charge in [-0.2, -0.15) is 4.98 Å². The molecule has 0 aliphatic rings. The third-order valence-electron chi connectivity index (χ3n) is 3.55. The molecule has 2 heterocycles. The van der Waals surface area contributed by atoms with Crippen LogP contribution in [0.4, 0.5) is 5.13 Å². The lowest BCUT2D eigenvalue weighted by molar-refractivity contribution is 0.208. The third-order valence-corrected chi connectivity index (χ3v) is 4.49. The van der Waals surface area contributed by atoms with Crippen molar-refractivity contribution < 1.29 is 10.2 Å². The molecule has 0 fully saturated rings. The molecule has 0 unspecified atom stereocenters. The standard InChI is InChI=1S/C16H20N4O2S/c1-4-11-5-9(2)6-12(22)14(11)20-8-13-15(19-20)18-16(23-13)17-7-10(3)21/h5-6,8,10,21-22H,4,7H2,1-3H3,(H,17,18,19)/t10-/m1/s1. The van der Waals surface area contributed by atoms with Gasteiger partial charge in [0.1, 0.15) is 11.4 Å². The first-order valence-corrected chi connectivity index (χ1v) is 8.40. The van der Waals surface area contributed by atoms with E-state index >= 15 is 0 Å². The summed E-state index contributed by atoms with van der Waals surface area (Å²) in [5, 5.41) is 27.9. The molecule has 0 saturated carbocycles. The van der Waals surface area contributed by atoms with Gasteiger partial charge in [0.15, 0.2) is 10.8 Å². The maximum Gasteiger partial charge on any atom is 0.194 e. The van der Waals surface area contributed by atoms with Crippen molar-refractivity contribution in [2.75, 3.05) is 11.9 Å². The van der Waals surface area contributed by atoms with Crippen LogP contribution in [0.5, 0.6) is 5.75 Å². The van der Waals surface area contributed by atoms with Crippen LogP contribution in [-0.4, -0.2) is 37.6 Å². The Hall–Kier alpha value is -2.12. The largest absolute Gasteiger partial charge is 0.506 e. The van der Waals surface area contributed by atoms with Crippen molar-refractivity contribution in [1.82, 2.24) is 14.8 Å². The second kappa shape index (κ2) is 6.17. The maximum absolute atomic E-state index is 10.3. The highest BCUT2D eigenvalue weighted by atomic mass is 32.1. The number of thiazole rings is 1. The lowest BCUT2D eigenvalue weighted by Crippen LogP contribution is -2.15. The average Bonchev–Trinajstić information content (AvgIpc) is 3.02. The molecule has 6 nitrogen and oxygen atoms in total. The van der Waals surface area contributed by atoms with E-state index in [0.29, 0.717) is 17.9 Å². The number of nitrogens with one attached hydrogen (secondary N) is 1. The number of rotatable bonds is 5. The lowest BCUT2D eigenvalue weighted by atomic mass is 10.1.